The number of hydrogen-bond donors (Lipinski definition) is 1. The fourth-order valence-electron chi connectivity index (χ4n) is 1.99. The molecule has 5 heteroatoms. The summed E-state index contributed by atoms with van der Waals surface area (Å²) in [7, 11) is 1.40. The van der Waals surface area contributed by atoms with Crippen LogP contribution < -0.4 is 5.73 Å². The molecule has 0 atom stereocenters. The number of rotatable bonds is 5. The second-order valence-electron chi connectivity index (χ2n) is 4.20. The Hall–Kier alpha value is -1.10. The Morgan fingerprint density at radius 1 is 1.38 bits per heavy atom. The molecule has 1 aliphatic heterocycles. The van der Waals surface area contributed by atoms with Crippen molar-refractivity contribution in [1.82, 2.24) is 4.90 Å². The molecule has 0 bridgehead atoms. The second kappa shape index (κ2) is 6.48. The van der Waals surface area contributed by atoms with Crippen LogP contribution in [0.15, 0.2) is 0 Å². The van der Waals surface area contributed by atoms with Crippen LogP contribution in [-0.2, 0) is 14.3 Å². The lowest BCUT2D eigenvalue weighted by Crippen LogP contribution is -2.39. The van der Waals surface area contributed by atoms with Crippen LogP contribution in [0, 0.1) is 5.92 Å². The van der Waals surface area contributed by atoms with Gasteiger partial charge in [0.2, 0.25) is 5.91 Å². The molecule has 0 aromatic heterocycles. The molecule has 0 aromatic carbocycles. The Bertz CT molecular complexity index is 248. The molecule has 0 radical (unpaired) electrons. The van der Waals surface area contributed by atoms with Crippen LogP contribution in [0.2, 0.25) is 0 Å². The first-order chi connectivity index (χ1) is 7.63. The maximum absolute atomic E-state index is 10.9. The SMILES string of the molecule is COC(=O)CCCN1CCC(C(N)=O)CC1. The van der Waals surface area contributed by atoms with E-state index in [1.165, 1.54) is 7.11 Å². The zero-order chi connectivity index (χ0) is 12.0. The van der Waals surface area contributed by atoms with E-state index in [1.807, 2.05) is 0 Å². The summed E-state index contributed by atoms with van der Waals surface area (Å²) in [5.74, 6) is -0.307. The number of esters is 1. The van der Waals surface area contributed by atoms with Crippen LogP contribution in [0.5, 0.6) is 0 Å². The van der Waals surface area contributed by atoms with E-state index in [9.17, 15) is 9.59 Å². The number of likely N-dealkylation sites (tertiary alicyclic amines) is 1. The molecule has 5 nitrogen and oxygen atoms in total. The van der Waals surface area contributed by atoms with Gasteiger partial charge in [-0.15, -0.1) is 0 Å². The van der Waals surface area contributed by atoms with E-state index in [2.05, 4.69) is 9.64 Å². The van der Waals surface area contributed by atoms with Crippen molar-refractivity contribution in [3.05, 3.63) is 0 Å². The molecule has 2 N–H and O–H groups in total. The van der Waals surface area contributed by atoms with Gasteiger partial charge in [0, 0.05) is 12.3 Å². The third-order valence-electron chi connectivity index (χ3n) is 3.07. The summed E-state index contributed by atoms with van der Waals surface area (Å²) in [5, 5.41) is 0. The number of piperidine rings is 1. The first kappa shape index (κ1) is 13.0. The molecule has 0 aromatic rings. The highest BCUT2D eigenvalue weighted by molar-refractivity contribution is 5.76. The summed E-state index contributed by atoms with van der Waals surface area (Å²) >= 11 is 0. The van der Waals surface area contributed by atoms with Gasteiger partial charge >= 0.3 is 5.97 Å². The van der Waals surface area contributed by atoms with Crippen LogP contribution in [-0.4, -0.2) is 43.5 Å². The largest absolute Gasteiger partial charge is 0.469 e. The highest BCUT2D eigenvalue weighted by Crippen LogP contribution is 2.16. The van der Waals surface area contributed by atoms with Crippen LogP contribution >= 0.6 is 0 Å². The van der Waals surface area contributed by atoms with Gasteiger partial charge in [0.1, 0.15) is 0 Å². The number of ether oxygens (including phenoxy) is 1. The quantitative estimate of drug-likeness (QED) is 0.679. The minimum atomic E-state index is -0.186. The minimum absolute atomic E-state index is 0.0388. The third-order valence-corrected chi connectivity index (χ3v) is 3.07. The summed E-state index contributed by atoms with van der Waals surface area (Å²) in [5.41, 5.74) is 5.25. The van der Waals surface area contributed by atoms with Crippen molar-refractivity contribution in [2.24, 2.45) is 11.7 Å². The Morgan fingerprint density at radius 2 is 2.00 bits per heavy atom. The van der Waals surface area contributed by atoms with Gasteiger partial charge in [0.15, 0.2) is 0 Å². The lowest BCUT2D eigenvalue weighted by atomic mass is 9.96. The van der Waals surface area contributed by atoms with Crippen LogP contribution in [0.1, 0.15) is 25.7 Å². The van der Waals surface area contributed by atoms with E-state index in [0.29, 0.717) is 6.42 Å². The van der Waals surface area contributed by atoms with Crippen molar-refractivity contribution in [3.63, 3.8) is 0 Å². The Labute approximate surface area is 95.9 Å². The lowest BCUT2D eigenvalue weighted by molar-refractivity contribution is -0.140. The fraction of sp³-hybridized carbons (Fsp3) is 0.818. The van der Waals surface area contributed by atoms with Gasteiger partial charge < -0.3 is 15.4 Å². The number of carbonyl (C=O) groups is 2. The molecule has 1 aliphatic rings. The molecule has 1 fully saturated rings. The predicted molar refractivity (Wildman–Crippen MR) is 59.6 cm³/mol. The highest BCUT2D eigenvalue weighted by Gasteiger charge is 2.22. The van der Waals surface area contributed by atoms with E-state index in [4.69, 9.17) is 5.73 Å². The second-order valence-corrected chi connectivity index (χ2v) is 4.20. The molecule has 0 spiro atoms. The van der Waals surface area contributed by atoms with Gasteiger partial charge in [-0.05, 0) is 38.9 Å². The topological polar surface area (TPSA) is 72.6 Å². The number of hydrogen-bond acceptors (Lipinski definition) is 4. The van der Waals surface area contributed by atoms with Crippen molar-refractivity contribution in [3.8, 4) is 0 Å². The summed E-state index contributed by atoms with van der Waals surface area (Å²) in [4.78, 5) is 24.1. The summed E-state index contributed by atoms with van der Waals surface area (Å²) in [6.07, 6.45) is 2.96. The molecule has 16 heavy (non-hydrogen) atoms. The van der Waals surface area contributed by atoms with Gasteiger partial charge in [-0.2, -0.15) is 0 Å². The summed E-state index contributed by atoms with van der Waals surface area (Å²) in [6, 6.07) is 0. The normalized spacial score (nSPS) is 18.3. The van der Waals surface area contributed by atoms with E-state index in [1.54, 1.807) is 0 Å². The average molecular weight is 228 g/mol. The lowest BCUT2D eigenvalue weighted by Gasteiger charge is -2.30. The Balaban J connectivity index is 2.13. The molecular weight excluding hydrogens is 208 g/mol. The van der Waals surface area contributed by atoms with Crippen molar-refractivity contribution in [1.29, 1.82) is 0 Å². The van der Waals surface area contributed by atoms with E-state index in [0.717, 1.165) is 38.9 Å². The van der Waals surface area contributed by atoms with Gasteiger partial charge in [-0.3, -0.25) is 9.59 Å². The maximum Gasteiger partial charge on any atom is 0.305 e. The zero-order valence-electron chi connectivity index (χ0n) is 9.78. The van der Waals surface area contributed by atoms with Gasteiger partial charge in [-0.1, -0.05) is 0 Å². The van der Waals surface area contributed by atoms with Crippen molar-refractivity contribution in [2.45, 2.75) is 25.7 Å². The van der Waals surface area contributed by atoms with Gasteiger partial charge in [-0.25, -0.2) is 0 Å². The Kier molecular flexibility index (Phi) is 5.25. The maximum atomic E-state index is 10.9. The molecule has 0 saturated carbocycles. The van der Waals surface area contributed by atoms with Crippen LogP contribution in [0.3, 0.4) is 0 Å². The van der Waals surface area contributed by atoms with E-state index < -0.39 is 0 Å². The number of methoxy groups -OCH3 is 1. The van der Waals surface area contributed by atoms with Crippen LogP contribution in [0.4, 0.5) is 0 Å². The molecule has 1 heterocycles. The molecule has 0 aliphatic carbocycles. The summed E-state index contributed by atoms with van der Waals surface area (Å²) < 4.78 is 4.57. The van der Waals surface area contributed by atoms with Crippen molar-refractivity contribution < 1.29 is 14.3 Å². The standard InChI is InChI=1S/C11H20N2O3/c1-16-10(14)3-2-6-13-7-4-9(5-8-13)11(12)15/h9H,2-8H2,1H3,(H2,12,15). The minimum Gasteiger partial charge on any atom is -0.469 e. The number of primary amides is 1. The van der Waals surface area contributed by atoms with Crippen LogP contribution in [0.25, 0.3) is 0 Å². The number of amides is 1. The predicted octanol–water partition coefficient (Wildman–Crippen LogP) is 0.137. The molecule has 1 saturated heterocycles. The zero-order valence-corrected chi connectivity index (χ0v) is 9.78. The fourth-order valence-corrected chi connectivity index (χ4v) is 1.99. The van der Waals surface area contributed by atoms with Crippen molar-refractivity contribution in [2.75, 3.05) is 26.7 Å². The Morgan fingerprint density at radius 3 is 2.50 bits per heavy atom. The smallest absolute Gasteiger partial charge is 0.305 e. The highest BCUT2D eigenvalue weighted by atomic mass is 16.5. The van der Waals surface area contributed by atoms with E-state index >= 15 is 0 Å². The number of carbonyl (C=O) groups excluding carboxylic acids is 2. The van der Waals surface area contributed by atoms with Crippen molar-refractivity contribution >= 4 is 11.9 Å². The monoisotopic (exact) mass is 228 g/mol. The summed E-state index contributed by atoms with van der Waals surface area (Å²) in [6.45, 7) is 2.68. The first-order valence-electron chi connectivity index (χ1n) is 5.72. The molecular formula is C11H20N2O3. The molecule has 1 rings (SSSR count). The van der Waals surface area contributed by atoms with E-state index in [-0.39, 0.29) is 17.8 Å². The molecule has 1 amide bonds. The number of nitrogens with two attached hydrogens (primary N) is 1. The molecule has 0 unspecified atom stereocenters. The number of nitrogens with zero attached hydrogens (tertiary/aromatic N) is 1. The van der Waals surface area contributed by atoms with Gasteiger partial charge in [0.05, 0.1) is 7.11 Å². The average Bonchev–Trinajstić information content (AvgIpc) is 2.29. The first-order valence-corrected chi connectivity index (χ1v) is 5.72. The molecule has 92 valence electrons. The third kappa shape index (κ3) is 4.18. The van der Waals surface area contributed by atoms with Gasteiger partial charge in [0.25, 0.3) is 0 Å².